The second-order valence-electron chi connectivity index (χ2n) is 6.07. The van der Waals surface area contributed by atoms with Gasteiger partial charge in [-0.2, -0.15) is 0 Å². The van der Waals surface area contributed by atoms with Crippen LogP contribution in [0.15, 0.2) is 30.3 Å². The SMILES string of the molecule is CC(C)N1CCCC(N[C@H](CO)c2ccccc2)CC1. The average Bonchev–Trinajstić information content (AvgIpc) is 2.71. The maximum Gasteiger partial charge on any atom is 0.0626 e. The number of nitrogens with one attached hydrogen (secondary N) is 1. The monoisotopic (exact) mass is 276 g/mol. The summed E-state index contributed by atoms with van der Waals surface area (Å²) >= 11 is 0. The second-order valence-corrected chi connectivity index (χ2v) is 6.07. The molecule has 2 rings (SSSR count). The largest absolute Gasteiger partial charge is 0.394 e. The number of benzene rings is 1. The summed E-state index contributed by atoms with van der Waals surface area (Å²) in [7, 11) is 0. The molecule has 2 N–H and O–H groups in total. The lowest BCUT2D eigenvalue weighted by Gasteiger charge is -2.26. The van der Waals surface area contributed by atoms with Gasteiger partial charge in [0.15, 0.2) is 0 Å². The van der Waals surface area contributed by atoms with Crippen molar-refractivity contribution in [3.05, 3.63) is 35.9 Å². The number of aliphatic hydroxyl groups excluding tert-OH is 1. The van der Waals surface area contributed by atoms with Gasteiger partial charge in [-0.15, -0.1) is 0 Å². The molecule has 1 fully saturated rings. The normalized spacial score (nSPS) is 22.7. The van der Waals surface area contributed by atoms with Crippen LogP contribution in [-0.4, -0.2) is 41.8 Å². The van der Waals surface area contributed by atoms with E-state index in [4.69, 9.17) is 0 Å². The van der Waals surface area contributed by atoms with Crippen LogP contribution < -0.4 is 5.32 Å². The summed E-state index contributed by atoms with van der Waals surface area (Å²) < 4.78 is 0. The van der Waals surface area contributed by atoms with Gasteiger partial charge in [0.2, 0.25) is 0 Å². The highest BCUT2D eigenvalue weighted by Gasteiger charge is 2.21. The molecule has 2 atom stereocenters. The molecular formula is C17H28N2O. The highest BCUT2D eigenvalue weighted by atomic mass is 16.3. The Kier molecular flexibility index (Phi) is 6.02. The molecule has 1 aliphatic heterocycles. The lowest BCUT2D eigenvalue weighted by atomic mass is 10.0. The van der Waals surface area contributed by atoms with E-state index in [2.05, 4.69) is 36.2 Å². The van der Waals surface area contributed by atoms with E-state index < -0.39 is 0 Å². The van der Waals surface area contributed by atoms with Gasteiger partial charge in [-0.3, -0.25) is 0 Å². The predicted octanol–water partition coefficient (Wildman–Crippen LogP) is 2.57. The first kappa shape index (κ1) is 15.5. The van der Waals surface area contributed by atoms with E-state index in [-0.39, 0.29) is 12.6 Å². The standard InChI is InChI=1S/C17H28N2O/c1-14(2)19-11-6-9-16(10-12-19)18-17(13-20)15-7-4-3-5-8-15/h3-5,7-8,14,16-18,20H,6,9-13H2,1-2H3/t16?,17-/m1/s1. The Morgan fingerprint density at radius 2 is 1.95 bits per heavy atom. The number of likely N-dealkylation sites (tertiary alicyclic amines) is 1. The van der Waals surface area contributed by atoms with Gasteiger partial charge in [-0.05, 0) is 51.8 Å². The Balaban J connectivity index is 1.91. The first-order chi connectivity index (χ1) is 9.70. The molecule has 0 radical (unpaired) electrons. The summed E-state index contributed by atoms with van der Waals surface area (Å²) in [5.41, 5.74) is 1.18. The summed E-state index contributed by atoms with van der Waals surface area (Å²) in [6, 6.07) is 11.5. The minimum absolute atomic E-state index is 0.0619. The van der Waals surface area contributed by atoms with Gasteiger partial charge in [0.1, 0.15) is 0 Å². The van der Waals surface area contributed by atoms with Gasteiger partial charge in [-0.1, -0.05) is 30.3 Å². The van der Waals surface area contributed by atoms with E-state index in [9.17, 15) is 5.11 Å². The zero-order valence-corrected chi connectivity index (χ0v) is 12.8. The quantitative estimate of drug-likeness (QED) is 0.867. The van der Waals surface area contributed by atoms with Crippen LogP contribution in [0.3, 0.4) is 0 Å². The van der Waals surface area contributed by atoms with Crippen LogP contribution >= 0.6 is 0 Å². The van der Waals surface area contributed by atoms with Gasteiger partial charge in [0.05, 0.1) is 12.6 Å². The maximum absolute atomic E-state index is 9.65. The van der Waals surface area contributed by atoms with Crippen molar-refractivity contribution >= 4 is 0 Å². The first-order valence-electron chi connectivity index (χ1n) is 7.86. The van der Waals surface area contributed by atoms with Crippen molar-refractivity contribution in [3.8, 4) is 0 Å². The van der Waals surface area contributed by atoms with Gasteiger partial charge >= 0.3 is 0 Å². The van der Waals surface area contributed by atoms with Gasteiger partial charge < -0.3 is 15.3 Å². The highest BCUT2D eigenvalue weighted by molar-refractivity contribution is 5.19. The van der Waals surface area contributed by atoms with Crippen molar-refractivity contribution in [1.82, 2.24) is 10.2 Å². The summed E-state index contributed by atoms with van der Waals surface area (Å²) in [5, 5.41) is 13.3. The van der Waals surface area contributed by atoms with E-state index in [0.29, 0.717) is 12.1 Å². The third-order valence-electron chi connectivity index (χ3n) is 4.31. The van der Waals surface area contributed by atoms with Gasteiger partial charge in [-0.25, -0.2) is 0 Å². The molecule has 1 saturated heterocycles. The molecule has 0 aliphatic carbocycles. The zero-order chi connectivity index (χ0) is 14.4. The van der Waals surface area contributed by atoms with Crippen LogP contribution in [0.1, 0.15) is 44.7 Å². The highest BCUT2D eigenvalue weighted by Crippen LogP contribution is 2.18. The van der Waals surface area contributed by atoms with E-state index in [0.717, 1.165) is 6.54 Å². The molecular weight excluding hydrogens is 248 g/mol. The number of aliphatic hydroxyl groups is 1. The number of hydrogen-bond donors (Lipinski definition) is 2. The topological polar surface area (TPSA) is 35.5 Å². The van der Waals surface area contributed by atoms with Crippen LogP contribution in [0.2, 0.25) is 0 Å². The predicted molar refractivity (Wildman–Crippen MR) is 83.8 cm³/mol. The van der Waals surface area contributed by atoms with Crippen LogP contribution in [0, 0.1) is 0 Å². The van der Waals surface area contributed by atoms with Crippen molar-refractivity contribution in [2.75, 3.05) is 19.7 Å². The van der Waals surface area contributed by atoms with E-state index in [1.54, 1.807) is 0 Å². The maximum atomic E-state index is 9.65. The Bertz CT molecular complexity index is 380. The second kappa shape index (κ2) is 7.77. The molecule has 1 heterocycles. The lowest BCUT2D eigenvalue weighted by Crippen LogP contribution is -2.36. The fourth-order valence-electron chi connectivity index (χ4n) is 3.03. The Morgan fingerprint density at radius 3 is 2.60 bits per heavy atom. The molecule has 0 saturated carbocycles. The van der Waals surface area contributed by atoms with Crippen molar-refractivity contribution in [2.24, 2.45) is 0 Å². The molecule has 1 aromatic carbocycles. The number of rotatable bonds is 5. The van der Waals surface area contributed by atoms with Crippen molar-refractivity contribution in [1.29, 1.82) is 0 Å². The molecule has 0 spiro atoms. The van der Waals surface area contributed by atoms with Crippen LogP contribution in [-0.2, 0) is 0 Å². The Labute approximate surface area is 123 Å². The minimum Gasteiger partial charge on any atom is -0.394 e. The lowest BCUT2D eigenvalue weighted by molar-refractivity contribution is 0.217. The van der Waals surface area contributed by atoms with E-state index in [1.807, 2.05) is 18.2 Å². The summed E-state index contributed by atoms with van der Waals surface area (Å²) in [5.74, 6) is 0. The van der Waals surface area contributed by atoms with E-state index in [1.165, 1.54) is 31.4 Å². The third kappa shape index (κ3) is 4.30. The smallest absolute Gasteiger partial charge is 0.0626 e. The molecule has 0 amide bonds. The Hall–Kier alpha value is -0.900. The van der Waals surface area contributed by atoms with Crippen LogP contribution in [0.25, 0.3) is 0 Å². The average molecular weight is 276 g/mol. The molecule has 3 nitrogen and oxygen atoms in total. The van der Waals surface area contributed by atoms with Crippen molar-refractivity contribution in [3.63, 3.8) is 0 Å². The number of nitrogens with zero attached hydrogens (tertiary/aromatic N) is 1. The van der Waals surface area contributed by atoms with Crippen molar-refractivity contribution < 1.29 is 5.11 Å². The summed E-state index contributed by atoms with van der Waals surface area (Å²) in [6.07, 6.45) is 3.61. The summed E-state index contributed by atoms with van der Waals surface area (Å²) in [6.45, 7) is 7.06. The number of hydrogen-bond acceptors (Lipinski definition) is 3. The molecule has 3 heteroatoms. The molecule has 0 aromatic heterocycles. The molecule has 1 aromatic rings. The van der Waals surface area contributed by atoms with Crippen LogP contribution in [0.5, 0.6) is 0 Å². The fraction of sp³-hybridized carbons (Fsp3) is 0.647. The third-order valence-corrected chi connectivity index (χ3v) is 4.31. The summed E-state index contributed by atoms with van der Waals surface area (Å²) in [4.78, 5) is 2.55. The van der Waals surface area contributed by atoms with E-state index >= 15 is 0 Å². The van der Waals surface area contributed by atoms with Gasteiger partial charge in [0, 0.05) is 12.1 Å². The molecule has 1 aliphatic rings. The molecule has 1 unspecified atom stereocenters. The molecule has 20 heavy (non-hydrogen) atoms. The van der Waals surface area contributed by atoms with Crippen LogP contribution in [0.4, 0.5) is 0 Å². The Morgan fingerprint density at radius 1 is 1.20 bits per heavy atom. The van der Waals surface area contributed by atoms with Gasteiger partial charge in [0.25, 0.3) is 0 Å². The first-order valence-corrected chi connectivity index (χ1v) is 7.86. The fourth-order valence-corrected chi connectivity index (χ4v) is 3.03. The molecule has 112 valence electrons. The molecule has 0 bridgehead atoms. The zero-order valence-electron chi connectivity index (χ0n) is 12.8. The minimum atomic E-state index is 0.0619. The van der Waals surface area contributed by atoms with Crippen molar-refractivity contribution in [2.45, 2.75) is 51.2 Å².